The Kier molecular flexibility index (Phi) is 3.04. The molecule has 1 aromatic carbocycles. The second-order valence-electron chi connectivity index (χ2n) is 3.93. The second kappa shape index (κ2) is 4.73. The van der Waals surface area contributed by atoms with Gasteiger partial charge in [0.25, 0.3) is 11.8 Å². The lowest BCUT2D eigenvalue weighted by Gasteiger charge is -2.11. The summed E-state index contributed by atoms with van der Waals surface area (Å²) in [5.74, 6) is -2.15. The molecule has 3 rings (SSSR count). The van der Waals surface area contributed by atoms with E-state index < -0.39 is 17.8 Å². The fourth-order valence-corrected chi connectivity index (χ4v) is 2.82. The minimum Gasteiger partial charge on any atom is -0.323 e. The Labute approximate surface area is 122 Å². The highest BCUT2D eigenvalue weighted by molar-refractivity contribution is 7.12. The Balaban J connectivity index is 1.87. The molecule has 1 aromatic heterocycles. The average molecular weight is 308 g/mol. The number of hydroxylamine groups is 2. The third kappa shape index (κ3) is 1.90. The predicted octanol–water partition coefficient (Wildman–Crippen LogP) is 2.77. The van der Waals surface area contributed by atoms with Gasteiger partial charge in [-0.15, -0.1) is 11.3 Å². The number of amides is 2. The van der Waals surface area contributed by atoms with Crippen LogP contribution in [0, 0.1) is 0 Å². The predicted molar refractivity (Wildman–Crippen MR) is 71.7 cm³/mol. The van der Waals surface area contributed by atoms with Crippen molar-refractivity contribution in [3.8, 4) is 0 Å². The van der Waals surface area contributed by atoms with Gasteiger partial charge in [0.15, 0.2) is 0 Å². The molecular formula is C13H6ClNO4S. The van der Waals surface area contributed by atoms with E-state index in [0.29, 0.717) is 5.06 Å². The van der Waals surface area contributed by atoms with Crippen LogP contribution in [0.25, 0.3) is 0 Å². The number of nitrogens with zero attached hydrogens (tertiary/aromatic N) is 1. The number of halogens is 1. The van der Waals surface area contributed by atoms with Crippen LogP contribution in [-0.2, 0) is 4.84 Å². The Morgan fingerprint density at radius 2 is 1.70 bits per heavy atom. The van der Waals surface area contributed by atoms with Crippen molar-refractivity contribution in [2.45, 2.75) is 0 Å². The van der Waals surface area contributed by atoms with Crippen molar-refractivity contribution >= 4 is 40.7 Å². The van der Waals surface area contributed by atoms with Crippen molar-refractivity contribution in [3.63, 3.8) is 0 Å². The quantitative estimate of drug-likeness (QED) is 0.800. The smallest absolute Gasteiger partial charge is 0.323 e. The molecule has 5 nitrogen and oxygen atoms in total. The van der Waals surface area contributed by atoms with Crippen LogP contribution in [0.2, 0.25) is 5.02 Å². The van der Waals surface area contributed by atoms with E-state index in [1.54, 1.807) is 17.5 Å². The van der Waals surface area contributed by atoms with Gasteiger partial charge in [-0.3, -0.25) is 9.59 Å². The van der Waals surface area contributed by atoms with Gasteiger partial charge >= 0.3 is 5.97 Å². The summed E-state index contributed by atoms with van der Waals surface area (Å²) in [6.07, 6.45) is 0. The Morgan fingerprint density at radius 1 is 1.10 bits per heavy atom. The number of benzene rings is 1. The number of fused-ring (bicyclic) bond motifs is 1. The fourth-order valence-electron chi connectivity index (χ4n) is 1.81. The van der Waals surface area contributed by atoms with Gasteiger partial charge < -0.3 is 4.84 Å². The molecule has 2 aromatic rings. The third-order valence-electron chi connectivity index (χ3n) is 2.73. The molecule has 2 amide bonds. The summed E-state index contributed by atoms with van der Waals surface area (Å²) in [4.78, 5) is 40.9. The van der Waals surface area contributed by atoms with Crippen LogP contribution in [-0.4, -0.2) is 22.8 Å². The van der Waals surface area contributed by atoms with Crippen molar-refractivity contribution in [3.05, 3.63) is 56.7 Å². The maximum Gasteiger partial charge on any atom is 0.375 e. The van der Waals surface area contributed by atoms with Gasteiger partial charge in [0.05, 0.1) is 16.1 Å². The van der Waals surface area contributed by atoms with Crippen LogP contribution in [0.4, 0.5) is 0 Å². The molecule has 0 atom stereocenters. The van der Waals surface area contributed by atoms with Crippen LogP contribution < -0.4 is 0 Å². The first-order valence-electron chi connectivity index (χ1n) is 5.52. The van der Waals surface area contributed by atoms with E-state index in [4.69, 9.17) is 16.4 Å². The van der Waals surface area contributed by atoms with E-state index in [2.05, 4.69) is 0 Å². The minimum atomic E-state index is -0.834. The zero-order valence-corrected chi connectivity index (χ0v) is 11.4. The van der Waals surface area contributed by atoms with Gasteiger partial charge in [-0.2, -0.15) is 0 Å². The molecule has 0 saturated heterocycles. The van der Waals surface area contributed by atoms with E-state index in [9.17, 15) is 14.4 Å². The molecule has 0 spiro atoms. The standard InChI is InChI=1S/C13H6ClNO4S/c14-9-5-6-20-10(9)13(18)19-15-11(16)7-3-1-2-4-8(7)12(15)17/h1-6H. The molecule has 7 heteroatoms. The maximum atomic E-state index is 12.0. The first kappa shape index (κ1) is 12.8. The van der Waals surface area contributed by atoms with E-state index in [-0.39, 0.29) is 21.0 Å². The van der Waals surface area contributed by atoms with Gasteiger partial charge in [-0.05, 0) is 23.6 Å². The molecule has 2 heterocycles. The molecular weight excluding hydrogens is 302 g/mol. The number of hydrogen-bond acceptors (Lipinski definition) is 5. The summed E-state index contributed by atoms with van der Waals surface area (Å²) in [6.45, 7) is 0. The van der Waals surface area contributed by atoms with Crippen molar-refractivity contribution < 1.29 is 19.2 Å². The Morgan fingerprint density at radius 3 is 2.20 bits per heavy atom. The SMILES string of the molecule is O=C(ON1C(=O)c2ccccc2C1=O)c1sccc1Cl. The van der Waals surface area contributed by atoms with Crippen LogP contribution in [0.15, 0.2) is 35.7 Å². The zero-order valence-electron chi connectivity index (χ0n) is 9.83. The summed E-state index contributed by atoms with van der Waals surface area (Å²) in [7, 11) is 0. The van der Waals surface area contributed by atoms with Crippen LogP contribution in [0.5, 0.6) is 0 Å². The van der Waals surface area contributed by atoms with Crippen molar-refractivity contribution in [2.75, 3.05) is 0 Å². The first-order valence-corrected chi connectivity index (χ1v) is 6.78. The average Bonchev–Trinajstić information content (AvgIpc) is 2.97. The number of hydrogen-bond donors (Lipinski definition) is 0. The summed E-state index contributed by atoms with van der Waals surface area (Å²) < 4.78 is 0. The Bertz CT molecular complexity index is 704. The lowest BCUT2D eigenvalue weighted by molar-refractivity contribution is -0.0581. The van der Waals surface area contributed by atoms with Crippen molar-refractivity contribution in [1.82, 2.24) is 5.06 Å². The molecule has 0 radical (unpaired) electrons. The molecule has 1 aliphatic rings. The summed E-state index contributed by atoms with van der Waals surface area (Å²) in [5.41, 5.74) is 0.421. The van der Waals surface area contributed by atoms with E-state index in [1.165, 1.54) is 18.2 Å². The lowest BCUT2D eigenvalue weighted by Crippen LogP contribution is -2.32. The highest BCUT2D eigenvalue weighted by Crippen LogP contribution is 2.26. The van der Waals surface area contributed by atoms with Gasteiger partial charge in [0.2, 0.25) is 0 Å². The summed E-state index contributed by atoms with van der Waals surface area (Å²) in [6, 6.07) is 7.80. The number of imide groups is 1. The van der Waals surface area contributed by atoms with Gasteiger partial charge in [-0.25, -0.2) is 4.79 Å². The molecule has 20 heavy (non-hydrogen) atoms. The monoisotopic (exact) mass is 307 g/mol. The number of carbonyl (C=O) groups excluding carboxylic acids is 3. The lowest BCUT2D eigenvalue weighted by atomic mass is 10.1. The molecule has 0 fully saturated rings. The highest BCUT2D eigenvalue weighted by Gasteiger charge is 2.39. The highest BCUT2D eigenvalue weighted by atomic mass is 35.5. The molecule has 0 bridgehead atoms. The zero-order chi connectivity index (χ0) is 14.3. The van der Waals surface area contributed by atoms with Crippen LogP contribution in [0.3, 0.4) is 0 Å². The van der Waals surface area contributed by atoms with Gasteiger partial charge in [-0.1, -0.05) is 28.8 Å². The topological polar surface area (TPSA) is 63.7 Å². The molecule has 100 valence electrons. The normalized spacial score (nSPS) is 13.6. The summed E-state index contributed by atoms with van der Waals surface area (Å²) in [5, 5.41) is 2.29. The van der Waals surface area contributed by atoms with Crippen molar-refractivity contribution in [2.24, 2.45) is 0 Å². The molecule has 1 aliphatic heterocycles. The van der Waals surface area contributed by atoms with E-state index in [1.807, 2.05) is 0 Å². The second-order valence-corrected chi connectivity index (χ2v) is 5.25. The number of thiophene rings is 1. The largest absolute Gasteiger partial charge is 0.375 e. The molecule has 0 N–H and O–H groups in total. The minimum absolute atomic E-state index is 0.142. The molecule has 0 saturated carbocycles. The number of rotatable bonds is 2. The van der Waals surface area contributed by atoms with E-state index in [0.717, 1.165) is 11.3 Å². The molecule has 0 aliphatic carbocycles. The van der Waals surface area contributed by atoms with Crippen molar-refractivity contribution in [1.29, 1.82) is 0 Å². The Hall–Kier alpha value is -2.18. The van der Waals surface area contributed by atoms with E-state index >= 15 is 0 Å². The van der Waals surface area contributed by atoms with Gasteiger partial charge in [0.1, 0.15) is 4.88 Å². The molecule has 0 unspecified atom stereocenters. The third-order valence-corrected chi connectivity index (χ3v) is 4.06. The van der Waals surface area contributed by atoms with Crippen LogP contribution in [0.1, 0.15) is 30.4 Å². The summed E-state index contributed by atoms with van der Waals surface area (Å²) >= 11 is 6.87. The van der Waals surface area contributed by atoms with Gasteiger partial charge in [0, 0.05) is 0 Å². The first-order chi connectivity index (χ1) is 9.59. The number of carbonyl (C=O) groups is 3. The fraction of sp³-hybridized carbons (Fsp3) is 0. The maximum absolute atomic E-state index is 12.0. The van der Waals surface area contributed by atoms with Crippen LogP contribution >= 0.6 is 22.9 Å².